The van der Waals surface area contributed by atoms with Crippen molar-refractivity contribution in [1.29, 1.82) is 0 Å². The van der Waals surface area contributed by atoms with Gasteiger partial charge < -0.3 is 24.2 Å². The first-order chi connectivity index (χ1) is 20.1. The average molecular weight is 560 g/mol. The molecule has 1 unspecified atom stereocenters. The predicted molar refractivity (Wildman–Crippen MR) is 164 cm³/mol. The van der Waals surface area contributed by atoms with Gasteiger partial charge in [0.25, 0.3) is 0 Å². The Morgan fingerprint density at radius 2 is 1.73 bits per heavy atom. The summed E-state index contributed by atoms with van der Waals surface area (Å²) >= 11 is 0. The summed E-state index contributed by atoms with van der Waals surface area (Å²) in [6, 6.07) is 14.2. The van der Waals surface area contributed by atoms with E-state index in [4.69, 9.17) is 19.2 Å². The Kier molecular flexibility index (Phi) is 9.88. The summed E-state index contributed by atoms with van der Waals surface area (Å²) in [5, 5.41) is 9.96. The summed E-state index contributed by atoms with van der Waals surface area (Å²) < 4.78 is 17.5. The van der Waals surface area contributed by atoms with Gasteiger partial charge in [-0.05, 0) is 105 Å². The predicted octanol–water partition coefficient (Wildman–Crippen LogP) is 6.36. The third kappa shape index (κ3) is 7.25. The second kappa shape index (κ2) is 13.9. The molecule has 1 aliphatic carbocycles. The zero-order valence-electron chi connectivity index (χ0n) is 24.9. The molecule has 0 amide bonds. The monoisotopic (exact) mass is 559 g/mol. The fourth-order valence-corrected chi connectivity index (χ4v) is 6.30. The number of fused-ring (bicyclic) bond motifs is 1. The van der Waals surface area contributed by atoms with E-state index in [9.17, 15) is 5.11 Å². The smallest absolute Gasteiger partial charge is 0.162 e. The van der Waals surface area contributed by atoms with Gasteiger partial charge in [0.1, 0.15) is 18.1 Å². The van der Waals surface area contributed by atoms with Crippen molar-refractivity contribution in [1.82, 2.24) is 9.88 Å². The number of benzene rings is 2. The molecule has 2 heterocycles. The summed E-state index contributed by atoms with van der Waals surface area (Å²) in [6.07, 6.45) is 10.0. The molecule has 1 aliphatic heterocycles. The number of ether oxygens (including phenoxy) is 3. The molecule has 2 aliphatic rings. The van der Waals surface area contributed by atoms with E-state index in [-0.39, 0.29) is 0 Å². The molecule has 1 aromatic heterocycles. The number of pyridine rings is 1. The summed E-state index contributed by atoms with van der Waals surface area (Å²) in [4.78, 5) is 9.65. The van der Waals surface area contributed by atoms with Crippen LogP contribution in [-0.2, 0) is 19.4 Å². The number of aryl methyl sites for hydroxylation is 1. The summed E-state index contributed by atoms with van der Waals surface area (Å²) in [5.41, 5.74) is 5.95. The molecular weight excluding hydrogens is 514 g/mol. The van der Waals surface area contributed by atoms with Gasteiger partial charge in [-0.3, -0.25) is 9.88 Å². The minimum Gasteiger partial charge on any atom is -0.508 e. The lowest BCUT2D eigenvalue weighted by molar-refractivity contribution is 0.213. The van der Waals surface area contributed by atoms with Crippen LogP contribution in [0.1, 0.15) is 67.3 Å². The molecule has 1 saturated heterocycles. The summed E-state index contributed by atoms with van der Waals surface area (Å²) in [7, 11) is 3.38. The zero-order chi connectivity index (χ0) is 28.6. The lowest BCUT2D eigenvalue weighted by Crippen LogP contribution is -2.29. The van der Waals surface area contributed by atoms with Crippen LogP contribution >= 0.6 is 0 Å². The molecule has 1 atom stereocenters. The highest BCUT2D eigenvalue weighted by Gasteiger charge is 2.26. The van der Waals surface area contributed by atoms with Crippen molar-refractivity contribution in [3.05, 3.63) is 71.0 Å². The van der Waals surface area contributed by atoms with Crippen molar-refractivity contribution in [2.45, 2.75) is 64.3 Å². The molecule has 1 fully saturated rings. The van der Waals surface area contributed by atoms with Crippen molar-refractivity contribution in [3.8, 4) is 23.0 Å². The van der Waals surface area contributed by atoms with Crippen LogP contribution in [0.2, 0.25) is 0 Å². The van der Waals surface area contributed by atoms with Crippen molar-refractivity contribution in [2.75, 3.05) is 51.9 Å². The van der Waals surface area contributed by atoms with Gasteiger partial charge in [0, 0.05) is 24.8 Å². The Labute approximate surface area is 245 Å². The number of phenols is 1. The first-order valence-corrected chi connectivity index (χ1v) is 15.2. The third-order valence-electron chi connectivity index (χ3n) is 8.64. The van der Waals surface area contributed by atoms with Crippen LogP contribution < -0.4 is 19.1 Å². The minimum absolute atomic E-state index is 0.337. The van der Waals surface area contributed by atoms with Crippen LogP contribution in [0.4, 0.5) is 5.69 Å². The third-order valence-corrected chi connectivity index (χ3v) is 8.64. The van der Waals surface area contributed by atoms with Gasteiger partial charge in [-0.25, -0.2) is 0 Å². The van der Waals surface area contributed by atoms with E-state index in [1.165, 1.54) is 55.5 Å². The topological polar surface area (TPSA) is 67.3 Å². The number of aromatic hydroxyl groups is 1. The Morgan fingerprint density at radius 3 is 2.44 bits per heavy atom. The van der Waals surface area contributed by atoms with Crippen LogP contribution in [0, 0.1) is 0 Å². The van der Waals surface area contributed by atoms with Gasteiger partial charge >= 0.3 is 0 Å². The molecule has 0 radical (unpaired) electrons. The number of phenolic OH excluding ortho intramolecular Hbond substituents is 1. The molecule has 0 bridgehead atoms. The van der Waals surface area contributed by atoms with E-state index < -0.39 is 0 Å². The number of hydrogen-bond acceptors (Lipinski definition) is 7. The van der Waals surface area contributed by atoms with Crippen LogP contribution in [0.5, 0.6) is 23.0 Å². The van der Waals surface area contributed by atoms with Gasteiger partial charge in [0.2, 0.25) is 0 Å². The zero-order valence-corrected chi connectivity index (χ0v) is 24.9. The number of anilines is 1. The molecule has 7 nitrogen and oxygen atoms in total. The van der Waals surface area contributed by atoms with Gasteiger partial charge in [0.15, 0.2) is 11.5 Å². The molecule has 220 valence electrons. The number of methoxy groups -OCH3 is 2. The maximum absolute atomic E-state index is 9.96. The number of nitrogens with zero attached hydrogens (tertiary/aromatic N) is 3. The largest absolute Gasteiger partial charge is 0.508 e. The number of hydrogen-bond donors (Lipinski definition) is 1. The van der Waals surface area contributed by atoms with Gasteiger partial charge in [-0.2, -0.15) is 0 Å². The maximum Gasteiger partial charge on any atom is 0.162 e. The average Bonchev–Trinajstić information content (AvgIpc) is 3.28. The van der Waals surface area contributed by atoms with Crippen molar-refractivity contribution in [2.24, 2.45) is 0 Å². The highest BCUT2D eigenvalue weighted by Crippen LogP contribution is 2.43. The van der Waals surface area contributed by atoms with Crippen LogP contribution in [0.15, 0.2) is 48.7 Å². The fourth-order valence-electron chi connectivity index (χ4n) is 6.30. The lowest BCUT2D eigenvalue weighted by Gasteiger charge is -2.32. The summed E-state index contributed by atoms with van der Waals surface area (Å²) in [5.74, 6) is 2.98. The first kappa shape index (κ1) is 29.1. The van der Waals surface area contributed by atoms with Crippen LogP contribution in [-0.4, -0.2) is 62.0 Å². The second-order valence-corrected chi connectivity index (χ2v) is 11.3. The molecule has 5 rings (SSSR count). The Hall–Kier alpha value is -3.45. The summed E-state index contributed by atoms with van der Waals surface area (Å²) in [6.45, 7) is 7.73. The molecule has 41 heavy (non-hydrogen) atoms. The van der Waals surface area contributed by atoms with E-state index in [0.29, 0.717) is 24.8 Å². The Morgan fingerprint density at radius 1 is 0.951 bits per heavy atom. The van der Waals surface area contributed by atoms with Crippen LogP contribution in [0.3, 0.4) is 0 Å². The first-order valence-electron chi connectivity index (χ1n) is 15.2. The van der Waals surface area contributed by atoms with E-state index in [1.54, 1.807) is 20.3 Å². The van der Waals surface area contributed by atoms with Crippen molar-refractivity contribution >= 4 is 5.69 Å². The van der Waals surface area contributed by atoms with E-state index in [0.717, 1.165) is 61.0 Å². The molecule has 1 N–H and O–H groups in total. The SMILES string of the molecule is CCN(Cc1ccc(OCCN2CCCCCC2)cn1)c1cc(OC)c(OC)cc1C1CCc2cc(O)ccc2C1. The number of aromatic nitrogens is 1. The maximum atomic E-state index is 9.96. The lowest BCUT2D eigenvalue weighted by atomic mass is 9.79. The molecule has 7 heteroatoms. The van der Waals surface area contributed by atoms with Gasteiger partial charge in [0.05, 0.1) is 32.7 Å². The highest BCUT2D eigenvalue weighted by molar-refractivity contribution is 5.64. The van der Waals surface area contributed by atoms with Crippen LogP contribution in [0.25, 0.3) is 0 Å². The van der Waals surface area contributed by atoms with E-state index in [1.807, 2.05) is 18.3 Å². The second-order valence-electron chi connectivity index (χ2n) is 11.3. The minimum atomic E-state index is 0.337. The van der Waals surface area contributed by atoms with Crippen molar-refractivity contribution in [3.63, 3.8) is 0 Å². The fraction of sp³-hybridized carbons (Fsp3) is 0.500. The van der Waals surface area contributed by atoms with E-state index in [2.05, 4.69) is 41.0 Å². The Balaban J connectivity index is 1.31. The quantitative estimate of drug-likeness (QED) is 0.293. The Bertz CT molecular complexity index is 1270. The molecule has 0 saturated carbocycles. The van der Waals surface area contributed by atoms with Crippen molar-refractivity contribution < 1.29 is 19.3 Å². The molecule has 3 aromatic rings. The molecule has 2 aromatic carbocycles. The molecular formula is C34H45N3O4. The number of rotatable bonds is 11. The standard InChI is InChI=1S/C34H45N3O4/c1-4-37(24-28-12-14-30(23-35-28)41-18-17-36-15-7-5-6-8-16-36)32-22-34(40-3)33(39-2)21-31(32)27-10-9-26-20-29(38)13-11-25(26)19-27/h11-14,20-23,27,38H,4-10,15-19,24H2,1-3H3. The number of likely N-dealkylation sites (tertiary alicyclic amines) is 1. The van der Waals surface area contributed by atoms with Gasteiger partial charge in [-0.1, -0.05) is 18.9 Å². The van der Waals surface area contributed by atoms with Gasteiger partial charge in [-0.15, -0.1) is 0 Å². The highest BCUT2D eigenvalue weighted by atomic mass is 16.5. The molecule has 0 spiro atoms. The van der Waals surface area contributed by atoms with E-state index >= 15 is 0 Å². The normalized spacial score (nSPS) is 17.4.